The molecule has 0 unspecified atom stereocenters. The van der Waals surface area contributed by atoms with Crippen LogP contribution in [0.5, 0.6) is 11.5 Å². The minimum atomic E-state index is -0.495. The van der Waals surface area contributed by atoms with Gasteiger partial charge in [-0.3, -0.25) is 19.4 Å². The number of rotatable bonds is 8. The fourth-order valence-corrected chi connectivity index (χ4v) is 5.97. The molecule has 1 fully saturated rings. The highest BCUT2D eigenvalue weighted by atomic mass is 127. The molecule has 0 N–H and O–H groups in total. The Bertz CT molecular complexity index is 1650. The molecule has 0 saturated carbocycles. The number of thiocarbonyl (C=S) groups is 1. The van der Waals surface area contributed by atoms with Crippen molar-refractivity contribution in [2.75, 3.05) is 16.4 Å². The molecular weight excluding hydrogens is 739 g/mol. The van der Waals surface area contributed by atoms with Crippen LogP contribution in [0.4, 0.5) is 11.4 Å². The zero-order valence-electron chi connectivity index (χ0n) is 23.8. The lowest BCUT2D eigenvalue weighted by Crippen LogP contribution is -2.56. The zero-order valence-corrected chi connectivity index (χ0v) is 28.3. The molecule has 2 amide bonds. The SMILES string of the molecule is CCOc1cc(C=C2C(=O)N(c3ccc(C)cc3)C(=S)N(c3ccc(C)cc3)C2=O)cc(I)c1OCc1ccc(Br)cc1. The molecule has 9 heteroatoms. The van der Waals surface area contributed by atoms with Crippen LogP contribution in [0.3, 0.4) is 0 Å². The second-order valence-corrected chi connectivity index (χ2v) is 12.4. The molecule has 1 saturated heterocycles. The number of carbonyl (C=O) groups is 2. The number of benzene rings is 4. The monoisotopic (exact) mass is 766 g/mol. The first-order chi connectivity index (χ1) is 20.7. The number of halogens is 2. The summed E-state index contributed by atoms with van der Waals surface area (Å²) in [7, 11) is 0. The van der Waals surface area contributed by atoms with Gasteiger partial charge in [-0.05, 0) is 121 Å². The average Bonchev–Trinajstić information content (AvgIpc) is 2.98. The number of ether oxygens (including phenoxy) is 2. The van der Waals surface area contributed by atoms with E-state index in [9.17, 15) is 9.59 Å². The van der Waals surface area contributed by atoms with Crippen LogP contribution in [0.15, 0.2) is 95.0 Å². The van der Waals surface area contributed by atoms with Crippen LogP contribution in [-0.2, 0) is 16.2 Å². The van der Waals surface area contributed by atoms with Gasteiger partial charge in [0.1, 0.15) is 12.2 Å². The number of aryl methyl sites for hydroxylation is 2. The summed E-state index contributed by atoms with van der Waals surface area (Å²) >= 11 is 11.4. The predicted octanol–water partition coefficient (Wildman–Crippen LogP) is 8.40. The molecule has 4 aromatic rings. The summed E-state index contributed by atoms with van der Waals surface area (Å²) in [4.78, 5) is 30.8. The van der Waals surface area contributed by atoms with Crippen molar-refractivity contribution < 1.29 is 19.1 Å². The number of hydrogen-bond donors (Lipinski definition) is 0. The first-order valence-electron chi connectivity index (χ1n) is 13.6. The fourth-order valence-electron chi connectivity index (χ4n) is 4.55. The lowest BCUT2D eigenvalue weighted by Gasteiger charge is -2.36. The third-order valence-electron chi connectivity index (χ3n) is 6.77. The number of anilines is 2. The van der Waals surface area contributed by atoms with Crippen LogP contribution in [0.2, 0.25) is 0 Å². The Morgan fingerprint density at radius 2 is 1.35 bits per heavy atom. The number of nitrogens with zero attached hydrogens (tertiary/aromatic N) is 2. The predicted molar refractivity (Wildman–Crippen MR) is 187 cm³/mol. The summed E-state index contributed by atoms with van der Waals surface area (Å²) in [6.07, 6.45) is 1.60. The van der Waals surface area contributed by atoms with Crippen LogP contribution >= 0.6 is 50.7 Å². The molecule has 0 spiro atoms. The Labute approximate surface area is 278 Å². The van der Waals surface area contributed by atoms with Crippen LogP contribution < -0.4 is 19.3 Å². The first-order valence-corrected chi connectivity index (χ1v) is 15.9. The molecular formula is C34H28BrIN2O4S. The standard InChI is InChI=1S/C34H28BrIN2O4S/c1-4-41-30-19-24(18-29(36)31(30)42-20-23-9-11-25(35)12-10-23)17-28-32(39)37(26-13-5-21(2)6-14-26)34(43)38(33(28)40)27-15-7-22(3)8-16-27/h5-19H,4,20H2,1-3H3. The fraction of sp³-hybridized carbons (Fsp3) is 0.147. The van der Waals surface area contributed by atoms with Crippen molar-refractivity contribution >= 4 is 85.1 Å². The third kappa shape index (κ3) is 6.84. The van der Waals surface area contributed by atoms with Crippen molar-refractivity contribution in [3.63, 3.8) is 0 Å². The van der Waals surface area contributed by atoms with Gasteiger partial charge >= 0.3 is 0 Å². The number of carbonyl (C=O) groups excluding carboxylic acids is 2. The van der Waals surface area contributed by atoms with Gasteiger partial charge in [-0.2, -0.15) is 0 Å². The molecule has 6 nitrogen and oxygen atoms in total. The minimum absolute atomic E-state index is 0.0171. The normalized spacial score (nSPS) is 13.4. The molecule has 0 atom stereocenters. The van der Waals surface area contributed by atoms with E-state index in [1.165, 1.54) is 9.80 Å². The van der Waals surface area contributed by atoms with Gasteiger partial charge < -0.3 is 9.47 Å². The molecule has 0 bridgehead atoms. The Hall–Kier alpha value is -3.54. The molecule has 43 heavy (non-hydrogen) atoms. The minimum Gasteiger partial charge on any atom is -0.490 e. The van der Waals surface area contributed by atoms with E-state index in [1.807, 2.05) is 99.6 Å². The van der Waals surface area contributed by atoms with Gasteiger partial charge in [-0.1, -0.05) is 63.5 Å². The van der Waals surface area contributed by atoms with Gasteiger partial charge in [-0.15, -0.1) is 0 Å². The highest BCUT2D eigenvalue weighted by Gasteiger charge is 2.41. The maximum atomic E-state index is 14.0. The van der Waals surface area contributed by atoms with E-state index in [0.717, 1.165) is 24.7 Å². The van der Waals surface area contributed by atoms with Crippen LogP contribution in [0.1, 0.15) is 29.2 Å². The third-order valence-corrected chi connectivity index (χ3v) is 8.47. The Morgan fingerprint density at radius 3 is 1.86 bits per heavy atom. The molecule has 1 aliphatic heterocycles. The summed E-state index contributed by atoms with van der Waals surface area (Å²) in [6.45, 7) is 6.61. The topological polar surface area (TPSA) is 59.1 Å². The number of hydrogen-bond acceptors (Lipinski definition) is 5. The smallest absolute Gasteiger partial charge is 0.270 e. The van der Waals surface area contributed by atoms with E-state index in [4.69, 9.17) is 21.7 Å². The molecule has 0 aliphatic carbocycles. The lowest BCUT2D eigenvalue weighted by molar-refractivity contribution is -0.120. The van der Waals surface area contributed by atoms with Crippen molar-refractivity contribution in [3.05, 3.63) is 121 Å². The molecule has 4 aromatic carbocycles. The second-order valence-electron chi connectivity index (χ2n) is 9.97. The van der Waals surface area contributed by atoms with Crippen molar-refractivity contribution in [3.8, 4) is 11.5 Å². The number of amides is 2. The van der Waals surface area contributed by atoms with Crippen LogP contribution in [-0.4, -0.2) is 23.5 Å². The Balaban J connectivity index is 1.56. The quantitative estimate of drug-likeness (QED) is 0.0781. The molecule has 0 aromatic heterocycles. The van der Waals surface area contributed by atoms with E-state index in [2.05, 4.69) is 38.5 Å². The highest BCUT2D eigenvalue weighted by molar-refractivity contribution is 14.1. The zero-order chi connectivity index (χ0) is 30.7. The summed E-state index contributed by atoms with van der Waals surface area (Å²) in [6, 6.07) is 26.5. The highest BCUT2D eigenvalue weighted by Crippen LogP contribution is 2.37. The van der Waals surface area contributed by atoms with Gasteiger partial charge in [-0.25, -0.2) is 0 Å². The maximum Gasteiger partial charge on any atom is 0.270 e. The van der Waals surface area contributed by atoms with Gasteiger partial charge in [0, 0.05) is 4.47 Å². The van der Waals surface area contributed by atoms with Gasteiger partial charge in [0.15, 0.2) is 16.6 Å². The average molecular weight is 767 g/mol. The summed E-state index contributed by atoms with van der Waals surface area (Å²) in [5.41, 5.74) is 4.87. The van der Waals surface area contributed by atoms with Crippen molar-refractivity contribution in [1.82, 2.24) is 0 Å². The largest absolute Gasteiger partial charge is 0.490 e. The van der Waals surface area contributed by atoms with Crippen LogP contribution in [0, 0.1) is 17.4 Å². The lowest BCUT2D eigenvalue weighted by atomic mass is 10.0. The summed E-state index contributed by atoms with van der Waals surface area (Å²) in [5.74, 6) is 0.129. The molecule has 5 rings (SSSR count). The Morgan fingerprint density at radius 1 is 0.814 bits per heavy atom. The van der Waals surface area contributed by atoms with Crippen LogP contribution in [0.25, 0.3) is 6.08 Å². The molecule has 1 aliphatic rings. The van der Waals surface area contributed by atoms with E-state index < -0.39 is 11.8 Å². The molecule has 1 heterocycles. The van der Waals surface area contributed by atoms with Gasteiger partial charge in [0.05, 0.1) is 21.6 Å². The first kappa shape index (κ1) is 30.9. The van der Waals surface area contributed by atoms with Crippen molar-refractivity contribution in [1.29, 1.82) is 0 Å². The van der Waals surface area contributed by atoms with E-state index >= 15 is 0 Å². The second kappa shape index (κ2) is 13.4. The molecule has 218 valence electrons. The van der Waals surface area contributed by atoms with Gasteiger partial charge in [0.2, 0.25) is 0 Å². The Kier molecular flexibility index (Phi) is 9.63. The van der Waals surface area contributed by atoms with E-state index in [0.29, 0.717) is 41.7 Å². The van der Waals surface area contributed by atoms with Crippen molar-refractivity contribution in [2.45, 2.75) is 27.4 Å². The maximum absolute atomic E-state index is 14.0. The van der Waals surface area contributed by atoms with Crippen molar-refractivity contribution in [2.24, 2.45) is 0 Å². The van der Waals surface area contributed by atoms with Gasteiger partial charge in [0.25, 0.3) is 11.8 Å². The summed E-state index contributed by atoms with van der Waals surface area (Å²) < 4.78 is 13.9. The van der Waals surface area contributed by atoms with E-state index in [1.54, 1.807) is 12.1 Å². The summed E-state index contributed by atoms with van der Waals surface area (Å²) in [5, 5.41) is 0.0983. The molecule has 0 radical (unpaired) electrons. The van der Waals surface area contributed by atoms with E-state index in [-0.39, 0.29) is 10.7 Å².